The van der Waals surface area contributed by atoms with Crippen molar-refractivity contribution in [3.05, 3.63) is 59.7 Å². The lowest BCUT2D eigenvalue weighted by Crippen LogP contribution is -2.45. The molecule has 2 aromatic rings. The van der Waals surface area contributed by atoms with Crippen LogP contribution < -0.4 is 10.2 Å². The minimum atomic E-state index is -0.321. The smallest absolute Gasteiger partial charge is 0.229 e. The van der Waals surface area contributed by atoms with Crippen LogP contribution in [-0.4, -0.2) is 48.6 Å². The maximum Gasteiger partial charge on any atom is 0.229 e. The predicted octanol–water partition coefficient (Wildman–Crippen LogP) is 3.60. The lowest BCUT2D eigenvalue weighted by Gasteiger charge is -2.36. The molecule has 3 atom stereocenters. The van der Waals surface area contributed by atoms with Crippen LogP contribution in [0.5, 0.6) is 0 Å². The highest BCUT2D eigenvalue weighted by Crippen LogP contribution is 2.25. The van der Waals surface area contributed by atoms with Gasteiger partial charge in [-0.25, -0.2) is 0 Å². The van der Waals surface area contributed by atoms with Crippen LogP contribution in [0.4, 0.5) is 11.4 Å². The highest BCUT2D eigenvalue weighted by Gasteiger charge is 2.34. The number of likely N-dealkylation sites (tertiary alicyclic amines) is 1. The zero-order valence-corrected chi connectivity index (χ0v) is 18.5. The summed E-state index contributed by atoms with van der Waals surface area (Å²) in [6.45, 7) is 8.94. The second kappa shape index (κ2) is 9.10. The Balaban J connectivity index is 1.33. The summed E-state index contributed by atoms with van der Waals surface area (Å²) in [5.41, 5.74) is 4.16. The lowest BCUT2D eigenvalue weighted by atomic mass is 10.1. The van der Waals surface area contributed by atoms with Crippen LogP contribution in [0.2, 0.25) is 0 Å². The van der Waals surface area contributed by atoms with Gasteiger partial charge in [-0.3, -0.25) is 9.59 Å². The molecule has 0 bridgehead atoms. The van der Waals surface area contributed by atoms with Crippen LogP contribution in [0, 0.1) is 12.8 Å². The topological polar surface area (TPSA) is 61.9 Å². The van der Waals surface area contributed by atoms with Gasteiger partial charge in [0, 0.05) is 44.0 Å². The summed E-state index contributed by atoms with van der Waals surface area (Å²) >= 11 is 0. The van der Waals surface area contributed by atoms with Crippen molar-refractivity contribution >= 4 is 23.2 Å². The van der Waals surface area contributed by atoms with Gasteiger partial charge in [-0.2, -0.15) is 0 Å². The molecule has 0 radical (unpaired) electrons. The second-order valence-corrected chi connectivity index (χ2v) is 8.86. The largest absolute Gasteiger partial charge is 0.372 e. The SMILES string of the molecule is Cc1ccc(CN2CC(C(=O)Nc3ccc(N4CC(C)OC(C)C4)cc3)CC2=O)cc1. The number of ether oxygens (including phenoxy) is 1. The molecule has 0 aromatic heterocycles. The lowest BCUT2D eigenvalue weighted by molar-refractivity contribution is -0.128. The summed E-state index contributed by atoms with van der Waals surface area (Å²) in [5, 5.41) is 2.98. The predicted molar refractivity (Wildman–Crippen MR) is 122 cm³/mol. The van der Waals surface area contributed by atoms with Crippen molar-refractivity contribution in [3.8, 4) is 0 Å². The Morgan fingerprint density at radius 1 is 1.00 bits per heavy atom. The van der Waals surface area contributed by atoms with E-state index in [0.29, 0.717) is 13.1 Å². The second-order valence-electron chi connectivity index (χ2n) is 8.86. The van der Waals surface area contributed by atoms with Crippen molar-refractivity contribution < 1.29 is 14.3 Å². The van der Waals surface area contributed by atoms with Crippen LogP contribution in [0.1, 0.15) is 31.4 Å². The number of rotatable bonds is 5. The summed E-state index contributed by atoms with van der Waals surface area (Å²) in [7, 11) is 0. The fourth-order valence-electron chi connectivity index (χ4n) is 4.40. The van der Waals surface area contributed by atoms with E-state index in [1.807, 2.05) is 55.5 Å². The molecule has 3 unspecified atom stereocenters. The van der Waals surface area contributed by atoms with Crippen LogP contribution >= 0.6 is 0 Å². The Bertz CT molecular complexity index is 916. The van der Waals surface area contributed by atoms with E-state index >= 15 is 0 Å². The Hall–Kier alpha value is -2.86. The third-order valence-corrected chi connectivity index (χ3v) is 6.00. The van der Waals surface area contributed by atoms with Crippen molar-refractivity contribution in [2.24, 2.45) is 5.92 Å². The number of amides is 2. The van der Waals surface area contributed by atoms with E-state index in [1.54, 1.807) is 4.90 Å². The number of carbonyl (C=O) groups excluding carboxylic acids is 2. The molecule has 2 amide bonds. The number of carbonyl (C=O) groups is 2. The number of hydrogen-bond acceptors (Lipinski definition) is 4. The van der Waals surface area contributed by atoms with Gasteiger partial charge in [0.2, 0.25) is 11.8 Å². The first-order valence-corrected chi connectivity index (χ1v) is 11.0. The summed E-state index contributed by atoms with van der Waals surface area (Å²) in [4.78, 5) is 29.3. The molecular weight excluding hydrogens is 390 g/mol. The first-order valence-electron chi connectivity index (χ1n) is 11.0. The summed E-state index contributed by atoms with van der Waals surface area (Å²) in [6.07, 6.45) is 0.663. The van der Waals surface area contributed by atoms with E-state index in [0.717, 1.165) is 30.0 Å². The van der Waals surface area contributed by atoms with Crippen molar-refractivity contribution in [3.63, 3.8) is 0 Å². The number of benzene rings is 2. The fourth-order valence-corrected chi connectivity index (χ4v) is 4.40. The number of hydrogen-bond donors (Lipinski definition) is 1. The van der Waals surface area contributed by atoms with Crippen LogP contribution in [0.15, 0.2) is 48.5 Å². The minimum absolute atomic E-state index is 0.0339. The van der Waals surface area contributed by atoms with Gasteiger partial charge in [0.15, 0.2) is 0 Å². The molecule has 31 heavy (non-hydrogen) atoms. The quantitative estimate of drug-likeness (QED) is 0.801. The molecule has 0 saturated carbocycles. The van der Waals surface area contributed by atoms with Gasteiger partial charge in [0.05, 0.1) is 18.1 Å². The Morgan fingerprint density at radius 2 is 1.65 bits per heavy atom. The fraction of sp³-hybridized carbons (Fsp3) is 0.440. The van der Waals surface area contributed by atoms with E-state index in [1.165, 1.54) is 5.56 Å². The summed E-state index contributed by atoms with van der Waals surface area (Å²) in [5.74, 6) is -0.383. The molecule has 2 aromatic carbocycles. The maximum absolute atomic E-state index is 12.8. The summed E-state index contributed by atoms with van der Waals surface area (Å²) in [6, 6.07) is 16.1. The van der Waals surface area contributed by atoms with Crippen molar-refractivity contribution in [1.29, 1.82) is 0 Å². The molecule has 4 rings (SSSR count). The molecule has 2 aliphatic heterocycles. The molecule has 6 nitrogen and oxygen atoms in total. The zero-order valence-electron chi connectivity index (χ0n) is 18.5. The maximum atomic E-state index is 12.8. The Labute approximate surface area is 184 Å². The number of nitrogens with one attached hydrogen (secondary N) is 1. The zero-order chi connectivity index (χ0) is 22.0. The van der Waals surface area contributed by atoms with Crippen molar-refractivity contribution in [2.45, 2.75) is 45.9 Å². The number of nitrogens with zero attached hydrogens (tertiary/aromatic N) is 2. The Kier molecular flexibility index (Phi) is 6.28. The first-order chi connectivity index (χ1) is 14.9. The third-order valence-electron chi connectivity index (χ3n) is 6.00. The Morgan fingerprint density at radius 3 is 2.29 bits per heavy atom. The van der Waals surface area contributed by atoms with Crippen LogP contribution in [0.3, 0.4) is 0 Å². The van der Waals surface area contributed by atoms with Crippen molar-refractivity contribution in [2.75, 3.05) is 29.9 Å². The number of morpholine rings is 1. The van der Waals surface area contributed by atoms with Gasteiger partial charge in [-0.1, -0.05) is 29.8 Å². The van der Waals surface area contributed by atoms with Crippen LogP contribution in [-0.2, 0) is 20.9 Å². The van der Waals surface area contributed by atoms with Gasteiger partial charge >= 0.3 is 0 Å². The molecular formula is C25H31N3O3. The molecule has 2 saturated heterocycles. The third kappa shape index (κ3) is 5.25. The highest BCUT2D eigenvalue weighted by molar-refractivity contribution is 5.97. The molecule has 0 spiro atoms. The molecule has 164 valence electrons. The monoisotopic (exact) mass is 421 g/mol. The van der Waals surface area contributed by atoms with Gasteiger partial charge < -0.3 is 19.9 Å². The van der Waals surface area contributed by atoms with Gasteiger partial charge in [-0.05, 0) is 50.6 Å². The van der Waals surface area contributed by atoms with Gasteiger partial charge in [0.25, 0.3) is 0 Å². The molecule has 2 aliphatic rings. The highest BCUT2D eigenvalue weighted by atomic mass is 16.5. The minimum Gasteiger partial charge on any atom is -0.372 e. The first kappa shape index (κ1) is 21.4. The molecule has 2 heterocycles. The van der Waals surface area contributed by atoms with E-state index in [-0.39, 0.29) is 36.4 Å². The van der Waals surface area contributed by atoms with Crippen LogP contribution in [0.25, 0.3) is 0 Å². The van der Waals surface area contributed by atoms with Gasteiger partial charge in [0.1, 0.15) is 0 Å². The molecule has 6 heteroatoms. The molecule has 2 fully saturated rings. The van der Waals surface area contributed by atoms with E-state index in [2.05, 4.69) is 24.1 Å². The number of anilines is 2. The summed E-state index contributed by atoms with van der Waals surface area (Å²) < 4.78 is 5.80. The average molecular weight is 422 g/mol. The van der Waals surface area contributed by atoms with Gasteiger partial charge in [-0.15, -0.1) is 0 Å². The molecule has 1 N–H and O–H groups in total. The number of aryl methyl sites for hydroxylation is 1. The van der Waals surface area contributed by atoms with Crippen molar-refractivity contribution in [1.82, 2.24) is 4.90 Å². The van der Waals surface area contributed by atoms with E-state index < -0.39 is 0 Å². The van der Waals surface area contributed by atoms with E-state index in [9.17, 15) is 9.59 Å². The standard InChI is InChI=1S/C25H31N3O3/c1-17-4-6-20(7-5-17)15-28-16-21(12-24(28)29)25(30)26-22-8-10-23(11-9-22)27-13-18(2)31-19(3)14-27/h4-11,18-19,21H,12-16H2,1-3H3,(H,26,30). The normalized spacial score (nSPS) is 23.8. The van der Waals surface area contributed by atoms with E-state index in [4.69, 9.17) is 4.74 Å². The average Bonchev–Trinajstić information content (AvgIpc) is 3.10. The molecule has 0 aliphatic carbocycles.